The van der Waals surface area contributed by atoms with Crippen molar-refractivity contribution in [3.05, 3.63) is 12.3 Å². The Labute approximate surface area is 101 Å². The van der Waals surface area contributed by atoms with Crippen LogP contribution in [0.4, 0.5) is 0 Å². The second-order valence-electron chi connectivity index (χ2n) is 5.57. The number of nitrogens with zero attached hydrogens (tertiary/aromatic N) is 3. The van der Waals surface area contributed by atoms with Crippen LogP contribution >= 0.6 is 0 Å². The van der Waals surface area contributed by atoms with E-state index in [9.17, 15) is 0 Å². The molecule has 2 saturated heterocycles. The maximum Gasteiger partial charge on any atom is 0.254 e. The van der Waals surface area contributed by atoms with Gasteiger partial charge in [0.2, 0.25) is 0 Å². The molecule has 17 heavy (non-hydrogen) atoms. The van der Waals surface area contributed by atoms with Gasteiger partial charge in [-0.15, -0.1) is 0 Å². The molecule has 0 N–H and O–H groups in total. The van der Waals surface area contributed by atoms with Crippen molar-refractivity contribution in [2.24, 2.45) is 9.98 Å². The van der Waals surface area contributed by atoms with Gasteiger partial charge in [-0.3, -0.25) is 4.99 Å². The summed E-state index contributed by atoms with van der Waals surface area (Å²) in [5.41, 5.74) is 1.14. The molecule has 4 nitrogen and oxygen atoms in total. The summed E-state index contributed by atoms with van der Waals surface area (Å²) < 4.78 is 7.06. The van der Waals surface area contributed by atoms with Crippen LogP contribution in [0.15, 0.2) is 22.3 Å². The van der Waals surface area contributed by atoms with E-state index in [0.717, 1.165) is 16.6 Å². The quantitative estimate of drug-likeness (QED) is 0.498. The smallest absolute Gasteiger partial charge is 0.254 e. The maximum atomic E-state index is 6.11. The largest absolute Gasteiger partial charge is 0.320 e. The third-order valence-corrected chi connectivity index (χ3v) is 4.80. The molecule has 2 fully saturated rings. The van der Waals surface area contributed by atoms with Crippen LogP contribution in [-0.4, -0.2) is 47.0 Å². The van der Waals surface area contributed by atoms with Gasteiger partial charge < -0.3 is 4.74 Å². The molecular formula is C13H18N3O+. The SMILES string of the molecule is CCC1CC2C(O1)[N+]21C=NC2C(C)=NC=CC21. The summed E-state index contributed by atoms with van der Waals surface area (Å²) in [4.78, 5) is 9.04. The molecule has 4 heterocycles. The normalized spacial score (nSPS) is 53.8. The van der Waals surface area contributed by atoms with Gasteiger partial charge in [0.15, 0.2) is 12.4 Å². The van der Waals surface area contributed by atoms with Crippen molar-refractivity contribution < 1.29 is 9.22 Å². The fourth-order valence-electron chi connectivity index (χ4n) is 3.76. The number of fused-ring (bicyclic) bond motifs is 5. The molecule has 0 amide bonds. The third-order valence-electron chi connectivity index (χ3n) is 4.80. The predicted octanol–water partition coefficient (Wildman–Crippen LogP) is 1.48. The number of hydrogen-bond acceptors (Lipinski definition) is 3. The molecule has 0 aliphatic carbocycles. The van der Waals surface area contributed by atoms with E-state index in [1.807, 2.05) is 6.20 Å². The van der Waals surface area contributed by atoms with Crippen LogP contribution in [0.1, 0.15) is 26.7 Å². The van der Waals surface area contributed by atoms with Crippen LogP contribution in [0.5, 0.6) is 0 Å². The van der Waals surface area contributed by atoms with Crippen LogP contribution in [0, 0.1) is 0 Å². The summed E-state index contributed by atoms with van der Waals surface area (Å²) in [5.74, 6) is 0. The Morgan fingerprint density at radius 1 is 1.53 bits per heavy atom. The highest BCUT2D eigenvalue weighted by Gasteiger charge is 2.77. The first-order valence-electron chi connectivity index (χ1n) is 6.56. The number of ether oxygens (including phenoxy) is 1. The third kappa shape index (κ3) is 1.06. The second kappa shape index (κ2) is 3.06. The molecule has 1 spiro atoms. The molecule has 4 heteroatoms. The number of hydrogen-bond donors (Lipinski definition) is 0. The number of aliphatic imine (C=N–C) groups is 2. The Kier molecular flexibility index (Phi) is 1.79. The fourth-order valence-corrected chi connectivity index (χ4v) is 3.76. The fraction of sp³-hybridized carbons (Fsp3) is 0.692. The van der Waals surface area contributed by atoms with Crippen molar-refractivity contribution in [3.63, 3.8) is 0 Å². The zero-order valence-corrected chi connectivity index (χ0v) is 10.3. The number of rotatable bonds is 1. The monoisotopic (exact) mass is 232 g/mol. The van der Waals surface area contributed by atoms with Crippen molar-refractivity contribution in [3.8, 4) is 0 Å². The lowest BCUT2D eigenvalue weighted by Gasteiger charge is -2.26. The van der Waals surface area contributed by atoms with Crippen molar-refractivity contribution >= 4 is 12.1 Å². The molecule has 0 aromatic heterocycles. The van der Waals surface area contributed by atoms with E-state index in [1.165, 1.54) is 6.42 Å². The van der Waals surface area contributed by atoms with E-state index in [2.05, 4.69) is 36.2 Å². The Hall–Kier alpha value is -1.00. The van der Waals surface area contributed by atoms with Crippen LogP contribution < -0.4 is 0 Å². The highest BCUT2D eigenvalue weighted by molar-refractivity contribution is 5.91. The van der Waals surface area contributed by atoms with Gasteiger partial charge in [-0.1, -0.05) is 6.92 Å². The average molecular weight is 232 g/mol. The molecular weight excluding hydrogens is 214 g/mol. The van der Waals surface area contributed by atoms with E-state index in [-0.39, 0.29) is 6.04 Å². The van der Waals surface area contributed by atoms with Gasteiger partial charge in [-0.2, -0.15) is 0 Å². The molecule has 4 aliphatic rings. The molecule has 4 aliphatic heterocycles. The molecule has 0 aromatic rings. The van der Waals surface area contributed by atoms with E-state index >= 15 is 0 Å². The molecule has 90 valence electrons. The highest BCUT2D eigenvalue weighted by atomic mass is 16.5. The summed E-state index contributed by atoms with van der Waals surface area (Å²) in [6.45, 7) is 4.28. The van der Waals surface area contributed by atoms with E-state index in [0.29, 0.717) is 24.4 Å². The summed E-state index contributed by atoms with van der Waals surface area (Å²) >= 11 is 0. The standard InChI is InChI=1S/C13H18N3O/c1-3-9-6-11-13(17-9)16(11)7-15-12-8(2)14-5-4-10(12)16/h4-5,7,9-13H,3,6H2,1-2H3/q+1. The first-order valence-corrected chi connectivity index (χ1v) is 6.56. The topological polar surface area (TPSA) is 34.0 Å². The molecule has 6 unspecified atom stereocenters. The summed E-state index contributed by atoms with van der Waals surface area (Å²) in [6.07, 6.45) is 9.46. The van der Waals surface area contributed by atoms with Gasteiger partial charge in [0.1, 0.15) is 12.1 Å². The zero-order valence-electron chi connectivity index (χ0n) is 10.3. The zero-order chi connectivity index (χ0) is 11.6. The Balaban J connectivity index is 1.62. The van der Waals surface area contributed by atoms with Gasteiger partial charge in [-0.25, -0.2) is 9.48 Å². The van der Waals surface area contributed by atoms with Crippen LogP contribution in [-0.2, 0) is 4.74 Å². The number of quaternary nitrogens is 1. The molecule has 0 bridgehead atoms. The highest BCUT2D eigenvalue weighted by Crippen LogP contribution is 2.54. The van der Waals surface area contributed by atoms with Crippen LogP contribution in [0.3, 0.4) is 0 Å². The minimum Gasteiger partial charge on any atom is -0.320 e. The predicted molar refractivity (Wildman–Crippen MR) is 65.9 cm³/mol. The first kappa shape index (κ1) is 9.97. The van der Waals surface area contributed by atoms with Gasteiger partial charge in [0.25, 0.3) is 6.23 Å². The Bertz CT molecular complexity index is 442. The van der Waals surface area contributed by atoms with Crippen molar-refractivity contribution in [1.82, 2.24) is 0 Å². The van der Waals surface area contributed by atoms with Crippen molar-refractivity contribution in [2.75, 3.05) is 0 Å². The Morgan fingerprint density at radius 2 is 2.41 bits per heavy atom. The van der Waals surface area contributed by atoms with Crippen molar-refractivity contribution in [1.29, 1.82) is 0 Å². The minimum atomic E-state index is 0.259. The van der Waals surface area contributed by atoms with E-state index in [4.69, 9.17) is 4.74 Å². The molecule has 0 radical (unpaired) electrons. The van der Waals surface area contributed by atoms with Gasteiger partial charge in [0.05, 0.1) is 6.10 Å². The van der Waals surface area contributed by atoms with E-state index < -0.39 is 0 Å². The lowest BCUT2D eigenvalue weighted by molar-refractivity contribution is -0.763. The Morgan fingerprint density at radius 3 is 3.12 bits per heavy atom. The van der Waals surface area contributed by atoms with Crippen LogP contribution in [0.2, 0.25) is 0 Å². The van der Waals surface area contributed by atoms with Gasteiger partial charge >= 0.3 is 0 Å². The van der Waals surface area contributed by atoms with Gasteiger partial charge in [-0.05, 0) is 19.4 Å². The van der Waals surface area contributed by atoms with Crippen molar-refractivity contribution in [2.45, 2.75) is 57.1 Å². The van der Waals surface area contributed by atoms with Crippen LogP contribution in [0.25, 0.3) is 0 Å². The lowest BCUT2D eigenvalue weighted by atomic mass is 10.0. The molecule has 0 aromatic carbocycles. The molecule has 0 saturated carbocycles. The summed E-state index contributed by atoms with van der Waals surface area (Å²) in [5, 5.41) is 0. The molecule has 4 rings (SSSR count). The summed E-state index contributed by atoms with van der Waals surface area (Å²) in [7, 11) is 0. The average Bonchev–Trinajstić information content (AvgIpc) is 2.72. The van der Waals surface area contributed by atoms with Gasteiger partial charge in [0, 0.05) is 18.3 Å². The second-order valence-corrected chi connectivity index (χ2v) is 5.57. The first-order chi connectivity index (χ1) is 8.27. The lowest BCUT2D eigenvalue weighted by Crippen LogP contribution is -2.46. The maximum absolute atomic E-state index is 6.11. The van der Waals surface area contributed by atoms with E-state index in [1.54, 1.807) is 0 Å². The minimum absolute atomic E-state index is 0.259. The summed E-state index contributed by atoms with van der Waals surface area (Å²) in [6, 6.07) is 1.35. The molecule has 6 atom stereocenters.